The number of β-amino-alcohol motifs (C(OH)–C–C–N with tert-alkyl or cyclic N) is 1. The van der Waals surface area contributed by atoms with Crippen molar-refractivity contribution in [2.75, 3.05) is 44.8 Å². The normalized spacial score (nSPS) is 18.3. The number of morpholine rings is 1. The van der Waals surface area contributed by atoms with Gasteiger partial charge in [0, 0.05) is 49.0 Å². The summed E-state index contributed by atoms with van der Waals surface area (Å²) in [5, 5.41) is 14.3. The molecule has 1 aliphatic heterocycles. The van der Waals surface area contributed by atoms with E-state index in [1.54, 1.807) is 18.3 Å². The Balaban J connectivity index is 1.22. The van der Waals surface area contributed by atoms with Crippen LogP contribution in [0.5, 0.6) is 5.75 Å². The van der Waals surface area contributed by atoms with Gasteiger partial charge in [-0.05, 0) is 43.2 Å². The number of benzene rings is 1. The summed E-state index contributed by atoms with van der Waals surface area (Å²) in [5.74, 6) is 1.13. The fourth-order valence-corrected chi connectivity index (χ4v) is 4.70. The highest BCUT2D eigenvalue weighted by Crippen LogP contribution is 2.30. The van der Waals surface area contributed by atoms with Crippen molar-refractivity contribution >= 4 is 22.7 Å². The number of ether oxygens (including phenoxy) is 2. The number of hydrogen-bond acceptors (Lipinski definition) is 8. The average Bonchev–Trinajstić information content (AvgIpc) is 3.38. The molecule has 2 aliphatic rings. The van der Waals surface area contributed by atoms with Crippen molar-refractivity contribution < 1.29 is 14.6 Å². The molecule has 0 amide bonds. The molecule has 0 spiro atoms. The van der Waals surface area contributed by atoms with Gasteiger partial charge in [0.1, 0.15) is 24.1 Å². The maximum absolute atomic E-state index is 12.6. The van der Waals surface area contributed by atoms with Crippen molar-refractivity contribution in [1.29, 1.82) is 0 Å². The van der Waals surface area contributed by atoms with Crippen LogP contribution >= 0.6 is 0 Å². The predicted molar refractivity (Wildman–Crippen MR) is 130 cm³/mol. The minimum absolute atomic E-state index is 0.0126. The van der Waals surface area contributed by atoms with Crippen LogP contribution < -0.4 is 15.6 Å². The van der Waals surface area contributed by atoms with E-state index in [0.717, 1.165) is 49.8 Å². The van der Waals surface area contributed by atoms with E-state index in [4.69, 9.17) is 9.47 Å². The van der Waals surface area contributed by atoms with E-state index in [9.17, 15) is 9.90 Å². The molecule has 180 valence electrons. The third kappa shape index (κ3) is 5.38. The third-order valence-electron chi connectivity index (χ3n) is 6.48. The first-order valence-electron chi connectivity index (χ1n) is 12.0. The van der Waals surface area contributed by atoms with Crippen molar-refractivity contribution in [2.45, 2.75) is 37.8 Å². The lowest BCUT2D eigenvalue weighted by molar-refractivity contribution is 0.00466. The Morgan fingerprint density at radius 1 is 1.12 bits per heavy atom. The van der Waals surface area contributed by atoms with Gasteiger partial charge in [0.05, 0.1) is 13.2 Å². The van der Waals surface area contributed by atoms with Crippen LogP contribution in [0.1, 0.15) is 31.7 Å². The van der Waals surface area contributed by atoms with Gasteiger partial charge in [-0.1, -0.05) is 12.8 Å². The summed E-state index contributed by atoms with van der Waals surface area (Å²) in [7, 11) is 0. The summed E-state index contributed by atoms with van der Waals surface area (Å²) in [6, 6.07) is 11.0. The van der Waals surface area contributed by atoms with E-state index >= 15 is 0 Å². The van der Waals surface area contributed by atoms with E-state index in [0.29, 0.717) is 37.1 Å². The van der Waals surface area contributed by atoms with Crippen LogP contribution in [0.3, 0.4) is 0 Å². The van der Waals surface area contributed by atoms with Crippen LogP contribution in [0.2, 0.25) is 0 Å². The second kappa shape index (κ2) is 10.5. The highest BCUT2D eigenvalue weighted by Gasteiger charge is 2.21. The highest BCUT2D eigenvalue weighted by atomic mass is 16.5. The fraction of sp³-hybridized carbons (Fsp3) is 0.480. The van der Waals surface area contributed by atoms with Gasteiger partial charge in [0.2, 0.25) is 5.95 Å². The molecule has 2 fully saturated rings. The number of fused-ring (bicyclic) bond motifs is 1. The molecule has 1 atom stereocenters. The second-order valence-corrected chi connectivity index (χ2v) is 8.98. The van der Waals surface area contributed by atoms with Gasteiger partial charge < -0.3 is 19.9 Å². The quantitative estimate of drug-likeness (QED) is 0.524. The van der Waals surface area contributed by atoms with E-state index in [-0.39, 0.29) is 18.2 Å². The summed E-state index contributed by atoms with van der Waals surface area (Å²) in [4.78, 5) is 23.9. The Morgan fingerprint density at radius 3 is 2.65 bits per heavy atom. The molecule has 0 bridgehead atoms. The lowest BCUT2D eigenvalue weighted by Crippen LogP contribution is -2.42. The summed E-state index contributed by atoms with van der Waals surface area (Å²) in [5.41, 5.74) is 1.47. The molecule has 0 radical (unpaired) electrons. The molecule has 1 aromatic carbocycles. The van der Waals surface area contributed by atoms with Crippen molar-refractivity contribution in [2.24, 2.45) is 0 Å². The number of rotatable bonds is 8. The standard InChI is InChI=1S/C25H31N5O4/c31-21(16-29-11-13-33-14-12-29)17-34-22-8-6-19(7-9-22)27-25-26-15-18-5-10-23(32)30(24(18)28-25)20-3-1-2-4-20/h5-10,15,20-21,31H,1-4,11-14,16-17H2,(H,26,27,28). The smallest absolute Gasteiger partial charge is 0.252 e. The van der Waals surface area contributed by atoms with Crippen LogP contribution in [-0.2, 0) is 4.74 Å². The van der Waals surface area contributed by atoms with Crippen LogP contribution in [0, 0.1) is 0 Å². The molecule has 2 aromatic heterocycles. The maximum atomic E-state index is 12.6. The van der Waals surface area contributed by atoms with Crippen molar-refractivity contribution in [3.8, 4) is 5.75 Å². The topological polar surface area (TPSA) is 102 Å². The van der Waals surface area contributed by atoms with Crippen LogP contribution in [0.4, 0.5) is 11.6 Å². The Bertz CT molecular complexity index is 1150. The predicted octanol–water partition coefficient (Wildman–Crippen LogP) is 2.72. The van der Waals surface area contributed by atoms with E-state index in [1.807, 2.05) is 28.8 Å². The van der Waals surface area contributed by atoms with Crippen molar-refractivity contribution in [3.63, 3.8) is 0 Å². The molecule has 3 heterocycles. The lowest BCUT2D eigenvalue weighted by atomic mass is 10.2. The van der Waals surface area contributed by atoms with Gasteiger partial charge in [-0.15, -0.1) is 0 Å². The van der Waals surface area contributed by atoms with Crippen LogP contribution in [-0.4, -0.2) is 70.1 Å². The Hall–Kier alpha value is -3.01. The molecule has 34 heavy (non-hydrogen) atoms. The largest absolute Gasteiger partial charge is 0.491 e. The first kappa shape index (κ1) is 22.8. The third-order valence-corrected chi connectivity index (χ3v) is 6.48. The molecular weight excluding hydrogens is 434 g/mol. The van der Waals surface area contributed by atoms with Gasteiger partial charge in [-0.25, -0.2) is 4.98 Å². The summed E-state index contributed by atoms with van der Waals surface area (Å²) < 4.78 is 12.9. The molecule has 3 aromatic rings. The first-order valence-corrected chi connectivity index (χ1v) is 12.0. The van der Waals surface area contributed by atoms with Crippen molar-refractivity contribution in [3.05, 3.63) is 52.9 Å². The Kier molecular flexibility index (Phi) is 7.03. The van der Waals surface area contributed by atoms with Crippen LogP contribution in [0.25, 0.3) is 11.0 Å². The Labute approximate surface area is 198 Å². The second-order valence-electron chi connectivity index (χ2n) is 8.98. The van der Waals surface area contributed by atoms with Gasteiger partial charge in [0.25, 0.3) is 5.56 Å². The summed E-state index contributed by atoms with van der Waals surface area (Å²) in [6.07, 6.45) is 5.50. The van der Waals surface area contributed by atoms with Gasteiger partial charge >= 0.3 is 0 Å². The van der Waals surface area contributed by atoms with E-state index in [1.165, 1.54) is 0 Å². The molecule has 1 saturated carbocycles. The summed E-state index contributed by atoms with van der Waals surface area (Å²) >= 11 is 0. The average molecular weight is 466 g/mol. The first-order chi connectivity index (χ1) is 16.7. The monoisotopic (exact) mass is 465 g/mol. The number of nitrogens with zero attached hydrogens (tertiary/aromatic N) is 4. The SMILES string of the molecule is O=c1ccc2cnc(Nc3ccc(OCC(O)CN4CCOCC4)cc3)nc2n1C1CCCC1. The maximum Gasteiger partial charge on any atom is 0.252 e. The number of pyridine rings is 1. The number of aliphatic hydroxyl groups is 1. The molecular formula is C25H31N5O4. The zero-order chi connectivity index (χ0) is 23.3. The van der Waals surface area contributed by atoms with E-state index in [2.05, 4.69) is 20.2 Å². The van der Waals surface area contributed by atoms with Crippen LogP contribution in [0.15, 0.2) is 47.4 Å². The highest BCUT2D eigenvalue weighted by molar-refractivity contribution is 5.75. The Morgan fingerprint density at radius 2 is 1.88 bits per heavy atom. The van der Waals surface area contributed by atoms with Gasteiger partial charge in [-0.2, -0.15) is 4.98 Å². The molecule has 9 nitrogen and oxygen atoms in total. The minimum Gasteiger partial charge on any atom is -0.491 e. The van der Waals surface area contributed by atoms with E-state index < -0.39 is 6.10 Å². The number of aliphatic hydroxyl groups excluding tert-OH is 1. The van der Waals surface area contributed by atoms with Crippen molar-refractivity contribution in [1.82, 2.24) is 19.4 Å². The zero-order valence-electron chi connectivity index (χ0n) is 19.2. The fourth-order valence-electron chi connectivity index (χ4n) is 4.70. The molecule has 2 N–H and O–H groups in total. The molecule has 1 aliphatic carbocycles. The zero-order valence-corrected chi connectivity index (χ0v) is 19.2. The number of anilines is 2. The van der Waals surface area contributed by atoms with Gasteiger partial charge in [-0.3, -0.25) is 14.3 Å². The van der Waals surface area contributed by atoms with Gasteiger partial charge in [0.15, 0.2) is 0 Å². The number of nitrogens with one attached hydrogen (secondary N) is 1. The number of hydrogen-bond donors (Lipinski definition) is 2. The minimum atomic E-state index is -0.556. The molecule has 1 saturated heterocycles. The lowest BCUT2D eigenvalue weighted by Gasteiger charge is -2.28. The molecule has 5 rings (SSSR count). The summed E-state index contributed by atoms with van der Waals surface area (Å²) in [6.45, 7) is 3.91. The number of aromatic nitrogens is 3. The molecule has 9 heteroatoms. The molecule has 1 unspecified atom stereocenters.